The van der Waals surface area contributed by atoms with E-state index in [2.05, 4.69) is 10.1 Å². The highest BCUT2D eigenvalue weighted by atomic mass is 35.5. The second-order valence-electron chi connectivity index (χ2n) is 4.86. The molecule has 2 aromatic carbocycles. The van der Waals surface area contributed by atoms with Crippen molar-refractivity contribution in [2.24, 2.45) is 0 Å². The van der Waals surface area contributed by atoms with Crippen LogP contribution in [0.25, 0.3) is 11.4 Å². The standard InChI is InChI=1S/C16H9ClN4O4/c17-13-7-10(8-18)1-6-14(13)24-9-15-19-16(20-25-15)11-2-4-12(5-3-11)21(22)23/h1-7H,9H2. The molecule has 1 heterocycles. The van der Waals surface area contributed by atoms with E-state index < -0.39 is 4.92 Å². The molecule has 3 rings (SSSR count). The van der Waals surface area contributed by atoms with Crippen LogP contribution in [0.5, 0.6) is 5.75 Å². The first-order valence-corrected chi connectivity index (χ1v) is 7.34. The predicted octanol–water partition coefficient (Wildman–Crippen LogP) is 3.75. The van der Waals surface area contributed by atoms with Crippen LogP contribution in [0.4, 0.5) is 5.69 Å². The van der Waals surface area contributed by atoms with Gasteiger partial charge in [-0.1, -0.05) is 16.8 Å². The molecule has 0 aliphatic heterocycles. The lowest BCUT2D eigenvalue weighted by atomic mass is 10.2. The highest BCUT2D eigenvalue weighted by molar-refractivity contribution is 6.32. The summed E-state index contributed by atoms with van der Waals surface area (Å²) in [5.74, 6) is 0.893. The molecule has 9 heteroatoms. The lowest BCUT2D eigenvalue weighted by Crippen LogP contribution is -1.96. The Balaban J connectivity index is 1.69. The molecule has 0 bridgehead atoms. The van der Waals surface area contributed by atoms with Crippen LogP contribution in [0, 0.1) is 21.4 Å². The fourth-order valence-electron chi connectivity index (χ4n) is 1.99. The Morgan fingerprint density at radius 2 is 2.04 bits per heavy atom. The van der Waals surface area contributed by atoms with Gasteiger partial charge in [0.2, 0.25) is 5.82 Å². The number of nitriles is 1. The zero-order chi connectivity index (χ0) is 17.8. The summed E-state index contributed by atoms with van der Waals surface area (Å²) >= 11 is 6.02. The topological polar surface area (TPSA) is 115 Å². The van der Waals surface area contributed by atoms with Gasteiger partial charge < -0.3 is 9.26 Å². The Morgan fingerprint density at radius 1 is 1.28 bits per heavy atom. The fourth-order valence-corrected chi connectivity index (χ4v) is 2.22. The molecule has 0 atom stereocenters. The minimum atomic E-state index is -0.486. The molecular weight excluding hydrogens is 348 g/mol. The largest absolute Gasteiger partial charge is 0.482 e. The van der Waals surface area contributed by atoms with Crippen LogP contribution in [-0.2, 0) is 6.61 Å². The van der Waals surface area contributed by atoms with Gasteiger partial charge in [-0.15, -0.1) is 0 Å². The lowest BCUT2D eigenvalue weighted by molar-refractivity contribution is -0.384. The summed E-state index contributed by atoms with van der Waals surface area (Å²) in [4.78, 5) is 14.3. The third-order valence-electron chi connectivity index (χ3n) is 3.22. The molecule has 0 amide bonds. The van der Waals surface area contributed by atoms with Gasteiger partial charge in [0, 0.05) is 17.7 Å². The smallest absolute Gasteiger partial charge is 0.269 e. The fraction of sp³-hybridized carbons (Fsp3) is 0.0625. The van der Waals surface area contributed by atoms with E-state index in [0.717, 1.165) is 0 Å². The number of nitrogens with zero attached hydrogens (tertiary/aromatic N) is 4. The van der Waals surface area contributed by atoms with Gasteiger partial charge in [-0.2, -0.15) is 10.2 Å². The number of ether oxygens (including phenoxy) is 1. The van der Waals surface area contributed by atoms with Gasteiger partial charge in [-0.25, -0.2) is 0 Å². The summed E-state index contributed by atoms with van der Waals surface area (Å²) in [6.45, 7) is -0.00833. The van der Waals surface area contributed by atoms with Crippen molar-refractivity contribution in [3.8, 4) is 23.2 Å². The maximum Gasteiger partial charge on any atom is 0.269 e. The maximum atomic E-state index is 10.7. The lowest BCUT2D eigenvalue weighted by Gasteiger charge is -2.05. The molecule has 124 valence electrons. The molecule has 0 fully saturated rings. The van der Waals surface area contributed by atoms with Gasteiger partial charge in [-0.05, 0) is 30.3 Å². The normalized spacial score (nSPS) is 10.2. The first-order chi connectivity index (χ1) is 12.1. The number of hydrogen-bond donors (Lipinski definition) is 0. The number of nitro benzene ring substituents is 1. The van der Waals surface area contributed by atoms with Crippen LogP contribution in [0.3, 0.4) is 0 Å². The van der Waals surface area contributed by atoms with Crippen molar-refractivity contribution < 1.29 is 14.2 Å². The van der Waals surface area contributed by atoms with E-state index in [1.54, 1.807) is 12.1 Å². The summed E-state index contributed by atoms with van der Waals surface area (Å²) in [5.41, 5.74) is 0.985. The van der Waals surface area contributed by atoms with Gasteiger partial charge in [0.25, 0.3) is 11.6 Å². The zero-order valence-electron chi connectivity index (χ0n) is 12.5. The molecule has 3 aromatic rings. The Kier molecular flexibility index (Phi) is 4.59. The van der Waals surface area contributed by atoms with Crippen LogP contribution >= 0.6 is 11.6 Å². The second-order valence-corrected chi connectivity index (χ2v) is 5.27. The van der Waals surface area contributed by atoms with Crippen LogP contribution in [0.1, 0.15) is 11.5 Å². The summed E-state index contributed by atoms with van der Waals surface area (Å²) < 4.78 is 10.6. The van der Waals surface area contributed by atoms with Crippen LogP contribution in [0.15, 0.2) is 47.0 Å². The molecule has 0 N–H and O–H groups in total. The zero-order valence-corrected chi connectivity index (χ0v) is 13.3. The van der Waals surface area contributed by atoms with Crippen molar-refractivity contribution in [3.63, 3.8) is 0 Å². The SMILES string of the molecule is N#Cc1ccc(OCc2nc(-c3ccc([N+](=O)[O-])cc3)no2)c(Cl)c1. The van der Waals surface area contributed by atoms with Crippen molar-refractivity contribution in [2.75, 3.05) is 0 Å². The van der Waals surface area contributed by atoms with Crippen molar-refractivity contribution in [1.29, 1.82) is 5.26 Å². The van der Waals surface area contributed by atoms with Gasteiger partial charge >= 0.3 is 0 Å². The number of halogens is 1. The Morgan fingerprint density at radius 3 is 2.68 bits per heavy atom. The van der Waals surface area contributed by atoms with Crippen LogP contribution < -0.4 is 4.74 Å². The highest BCUT2D eigenvalue weighted by Crippen LogP contribution is 2.26. The number of nitro groups is 1. The summed E-state index contributed by atoms with van der Waals surface area (Å²) in [5, 5.41) is 23.6. The highest BCUT2D eigenvalue weighted by Gasteiger charge is 2.12. The van der Waals surface area contributed by atoms with E-state index in [-0.39, 0.29) is 18.2 Å². The van der Waals surface area contributed by atoms with Gasteiger partial charge in [-0.3, -0.25) is 10.1 Å². The van der Waals surface area contributed by atoms with E-state index in [1.165, 1.54) is 30.3 Å². The molecule has 0 radical (unpaired) electrons. The summed E-state index contributed by atoms with van der Waals surface area (Å²) in [6, 6.07) is 12.4. The number of non-ortho nitro benzene ring substituents is 1. The second kappa shape index (κ2) is 6.98. The molecule has 8 nitrogen and oxygen atoms in total. The third-order valence-corrected chi connectivity index (χ3v) is 3.51. The van der Waals surface area contributed by atoms with Gasteiger partial charge in [0.15, 0.2) is 6.61 Å². The number of rotatable bonds is 5. The molecule has 25 heavy (non-hydrogen) atoms. The third kappa shape index (κ3) is 3.73. The number of aromatic nitrogens is 2. The minimum absolute atomic E-state index is 0.00833. The Hall–Kier alpha value is -3.44. The van der Waals surface area contributed by atoms with E-state index in [0.29, 0.717) is 27.7 Å². The van der Waals surface area contributed by atoms with Crippen molar-refractivity contribution in [2.45, 2.75) is 6.61 Å². The summed E-state index contributed by atoms with van der Waals surface area (Å²) in [7, 11) is 0. The van der Waals surface area contributed by atoms with Crippen molar-refractivity contribution >= 4 is 17.3 Å². The quantitative estimate of drug-likeness (QED) is 0.505. The Bertz CT molecular complexity index is 963. The van der Waals surface area contributed by atoms with Crippen molar-refractivity contribution in [1.82, 2.24) is 10.1 Å². The molecule has 0 spiro atoms. The molecular formula is C16H9ClN4O4. The molecule has 0 saturated heterocycles. The number of benzene rings is 2. The number of hydrogen-bond acceptors (Lipinski definition) is 7. The first kappa shape index (κ1) is 16.4. The van der Waals surface area contributed by atoms with Crippen LogP contribution in [0.2, 0.25) is 5.02 Å². The molecule has 0 unspecified atom stereocenters. The van der Waals surface area contributed by atoms with E-state index in [4.69, 9.17) is 26.1 Å². The molecule has 0 aliphatic carbocycles. The molecule has 1 aromatic heterocycles. The maximum absolute atomic E-state index is 10.7. The van der Waals surface area contributed by atoms with Gasteiger partial charge in [0.05, 0.1) is 21.6 Å². The molecule has 0 saturated carbocycles. The average molecular weight is 357 g/mol. The predicted molar refractivity (Wildman–Crippen MR) is 86.9 cm³/mol. The Labute approximate surface area is 146 Å². The van der Waals surface area contributed by atoms with E-state index in [1.807, 2.05) is 6.07 Å². The van der Waals surface area contributed by atoms with Gasteiger partial charge in [0.1, 0.15) is 5.75 Å². The average Bonchev–Trinajstić information content (AvgIpc) is 3.09. The van der Waals surface area contributed by atoms with Crippen molar-refractivity contribution in [3.05, 3.63) is 69.1 Å². The first-order valence-electron chi connectivity index (χ1n) is 6.96. The molecule has 0 aliphatic rings. The van der Waals surface area contributed by atoms with E-state index in [9.17, 15) is 10.1 Å². The monoisotopic (exact) mass is 356 g/mol. The summed E-state index contributed by atoms with van der Waals surface area (Å²) in [6.07, 6.45) is 0. The van der Waals surface area contributed by atoms with E-state index >= 15 is 0 Å². The van der Waals surface area contributed by atoms with Crippen LogP contribution in [-0.4, -0.2) is 15.1 Å². The minimum Gasteiger partial charge on any atom is -0.482 e.